The van der Waals surface area contributed by atoms with E-state index in [0.717, 1.165) is 25.0 Å². The van der Waals surface area contributed by atoms with Gasteiger partial charge in [-0.2, -0.15) is 0 Å². The molecular formula is C14H18FNO3S. The van der Waals surface area contributed by atoms with Crippen LogP contribution in [0.4, 0.5) is 4.39 Å². The first-order chi connectivity index (χ1) is 9.10. The third kappa shape index (κ3) is 3.43. The number of nitrogens with one attached hydrogen (secondary N) is 1. The third-order valence-corrected chi connectivity index (χ3v) is 4.67. The van der Waals surface area contributed by atoms with Crippen molar-refractivity contribution in [3.63, 3.8) is 0 Å². The summed E-state index contributed by atoms with van der Waals surface area (Å²) in [7, 11) is -3.99. The lowest BCUT2D eigenvalue weighted by atomic mass is 10.1. The van der Waals surface area contributed by atoms with Gasteiger partial charge in [0.2, 0.25) is 10.0 Å². The van der Waals surface area contributed by atoms with Gasteiger partial charge in [0, 0.05) is 17.0 Å². The molecule has 0 heterocycles. The third-order valence-electron chi connectivity index (χ3n) is 2.89. The maximum absolute atomic E-state index is 13.8. The van der Waals surface area contributed by atoms with Crippen LogP contribution in [0.1, 0.15) is 44.0 Å². The van der Waals surface area contributed by atoms with Crippen LogP contribution in [0, 0.1) is 11.7 Å². The number of Topliss-reactive ketones (excluding diaryl/α,β-unsaturated/α-hetero) is 1. The number of halogens is 1. The Morgan fingerprint density at radius 2 is 1.90 bits per heavy atom. The fourth-order valence-electron chi connectivity index (χ4n) is 1.90. The average molecular weight is 299 g/mol. The van der Waals surface area contributed by atoms with Gasteiger partial charge in [0.15, 0.2) is 5.78 Å². The number of hydrogen-bond acceptors (Lipinski definition) is 3. The van der Waals surface area contributed by atoms with Crippen LogP contribution in [0.15, 0.2) is 23.1 Å². The monoisotopic (exact) mass is 299 g/mol. The zero-order valence-corrected chi connectivity index (χ0v) is 12.6. The Labute approximate surface area is 118 Å². The molecule has 0 bridgehead atoms. The minimum Gasteiger partial charge on any atom is -0.294 e. The van der Waals surface area contributed by atoms with Gasteiger partial charge < -0.3 is 0 Å². The smallest absolute Gasteiger partial charge is 0.243 e. The van der Waals surface area contributed by atoms with E-state index in [9.17, 15) is 17.6 Å². The summed E-state index contributed by atoms with van der Waals surface area (Å²) in [6.45, 7) is 5.00. The van der Waals surface area contributed by atoms with Crippen molar-refractivity contribution >= 4 is 15.8 Å². The Morgan fingerprint density at radius 3 is 2.40 bits per heavy atom. The molecule has 1 fully saturated rings. The molecule has 1 N–H and O–H groups in total. The Kier molecular flexibility index (Phi) is 3.73. The van der Waals surface area contributed by atoms with Gasteiger partial charge in [0.1, 0.15) is 10.7 Å². The van der Waals surface area contributed by atoms with Crippen LogP contribution in [0.2, 0.25) is 0 Å². The van der Waals surface area contributed by atoms with Gasteiger partial charge >= 0.3 is 0 Å². The van der Waals surface area contributed by atoms with E-state index >= 15 is 0 Å². The predicted octanol–water partition coefficient (Wildman–Crippen LogP) is 2.50. The number of ketones is 1. The van der Waals surface area contributed by atoms with Crippen molar-refractivity contribution in [1.29, 1.82) is 0 Å². The van der Waals surface area contributed by atoms with Crippen molar-refractivity contribution in [3.8, 4) is 0 Å². The molecule has 0 amide bonds. The standard InChI is InChI=1S/C14H18FNO3S/c1-14(2,3)16-20(18,19)12-8-10(6-7-11(12)15)13(17)9-4-5-9/h6-9,16H,4-5H2,1-3H3. The molecule has 6 heteroatoms. The van der Waals surface area contributed by atoms with E-state index in [2.05, 4.69) is 4.72 Å². The van der Waals surface area contributed by atoms with Crippen molar-refractivity contribution in [1.82, 2.24) is 4.72 Å². The number of carbonyl (C=O) groups excluding carboxylic acids is 1. The predicted molar refractivity (Wildman–Crippen MR) is 73.5 cm³/mol. The number of hydrogen-bond donors (Lipinski definition) is 1. The van der Waals surface area contributed by atoms with E-state index in [4.69, 9.17) is 0 Å². The first-order valence-electron chi connectivity index (χ1n) is 6.48. The molecule has 0 atom stereocenters. The molecule has 0 spiro atoms. The quantitative estimate of drug-likeness (QED) is 0.869. The molecule has 1 saturated carbocycles. The van der Waals surface area contributed by atoms with Gasteiger partial charge in [-0.25, -0.2) is 17.5 Å². The van der Waals surface area contributed by atoms with Crippen molar-refractivity contribution in [3.05, 3.63) is 29.6 Å². The Bertz CT molecular complexity index is 643. The molecule has 0 aliphatic heterocycles. The SMILES string of the molecule is CC(C)(C)NS(=O)(=O)c1cc(C(=O)C2CC2)ccc1F. The summed E-state index contributed by atoms with van der Waals surface area (Å²) in [6, 6.07) is 3.50. The maximum Gasteiger partial charge on any atom is 0.243 e. The summed E-state index contributed by atoms with van der Waals surface area (Å²) in [5.74, 6) is -1.00. The largest absolute Gasteiger partial charge is 0.294 e. The fourth-order valence-corrected chi connectivity index (χ4v) is 3.42. The van der Waals surface area contributed by atoms with Crippen molar-refractivity contribution in [2.75, 3.05) is 0 Å². The summed E-state index contributed by atoms with van der Waals surface area (Å²) in [5, 5.41) is 0. The minimum atomic E-state index is -3.99. The van der Waals surface area contributed by atoms with E-state index in [0.29, 0.717) is 0 Å². The van der Waals surface area contributed by atoms with Gasteiger partial charge in [-0.3, -0.25) is 4.79 Å². The summed E-state index contributed by atoms with van der Waals surface area (Å²) >= 11 is 0. The second kappa shape index (κ2) is 4.93. The molecule has 0 unspecified atom stereocenters. The van der Waals surface area contributed by atoms with Crippen LogP contribution >= 0.6 is 0 Å². The molecule has 1 aliphatic rings. The summed E-state index contributed by atoms with van der Waals surface area (Å²) in [6.07, 6.45) is 1.64. The van der Waals surface area contributed by atoms with Gasteiger partial charge in [0.05, 0.1) is 0 Å². The normalized spacial score (nSPS) is 16.2. The van der Waals surface area contributed by atoms with Gasteiger partial charge in [-0.1, -0.05) is 0 Å². The van der Waals surface area contributed by atoms with E-state index in [-0.39, 0.29) is 17.3 Å². The van der Waals surface area contributed by atoms with E-state index in [1.54, 1.807) is 20.8 Å². The van der Waals surface area contributed by atoms with E-state index in [1.165, 1.54) is 6.07 Å². The highest BCUT2D eigenvalue weighted by molar-refractivity contribution is 7.89. The van der Waals surface area contributed by atoms with Gasteiger partial charge in [-0.15, -0.1) is 0 Å². The van der Waals surface area contributed by atoms with Crippen LogP contribution < -0.4 is 4.72 Å². The molecule has 4 nitrogen and oxygen atoms in total. The molecule has 0 aromatic heterocycles. The Morgan fingerprint density at radius 1 is 1.30 bits per heavy atom. The Balaban J connectivity index is 2.40. The highest BCUT2D eigenvalue weighted by Gasteiger charge is 2.32. The Hall–Kier alpha value is -1.27. The van der Waals surface area contributed by atoms with Crippen molar-refractivity contribution < 1.29 is 17.6 Å². The molecule has 1 aliphatic carbocycles. The number of benzene rings is 1. The molecular weight excluding hydrogens is 281 g/mol. The van der Waals surface area contributed by atoms with Crippen LogP contribution in [-0.4, -0.2) is 19.7 Å². The second-order valence-corrected chi connectivity index (χ2v) is 7.79. The second-order valence-electron chi connectivity index (χ2n) is 6.14. The van der Waals surface area contributed by atoms with Crippen LogP contribution in [0.3, 0.4) is 0 Å². The molecule has 2 rings (SSSR count). The summed E-state index contributed by atoms with van der Waals surface area (Å²) in [4.78, 5) is 11.5. The molecule has 1 aromatic rings. The minimum absolute atomic E-state index is 0.0356. The zero-order valence-electron chi connectivity index (χ0n) is 11.7. The van der Waals surface area contributed by atoms with Crippen molar-refractivity contribution in [2.45, 2.75) is 44.0 Å². The number of carbonyl (C=O) groups is 1. The number of sulfonamides is 1. The molecule has 0 radical (unpaired) electrons. The zero-order chi connectivity index (χ0) is 15.1. The molecule has 110 valence electrons. The van der Waals surface area contributed by atoms with E-state index < -0.39 is 26.3 Å². The van der Waals surface area contributed by atoms with Crippen LogP contribution in [0.5, 0.6) is 0 Å². The first-order valence-corrected chi connectivity index (χ1v) is 7.96. The lowest BCUT2D eigenvalue weighted by Gasteiger charge is -2.20. The van der Waals surface area contributed by atoms with Gasteiger partial charge in [-0.05, 0) is 51.8 Å². The van der Waals surface area contributed by atoms with Gasteiger partial charge in [0.25, 0.3) is 0 Å². The molecule has 0 saturated heterocycles. The highest BCUT2D eigenvalue weighted by Crippen LogP contribution is 2.33. The summed E-state index contributed by atoms with van der Waals surface area (Å²) < 4.78 is 40.5. The van der Waals surface area contributed by atoms with E-state index in [1.807, 2.05) is 0 Å². The number of rotatable bonds is 4. The molecule has 20 heavy (non-hydrogen) atoms. The highest BCUT2D eigenvalue weighted by atomic mass is 32.2. The average Bonchev–Trinajstić information content (AvgIpc) is 3.08. The lowest BCUT2D eigenvalue weighted by molar-refractivity contribution is 0.0967. The van der Waals surface area contributed by atoms with Crippen LogP contribution in [-0.2, 0) is 10.0 Å². The summed E-state index contributed by atoms with van der Waals surface area (Å²) in [5.41, 5.74) is -0.468. The topological polar surface area (TPSA) is 63.2 Å². The maximum atomic E-state index is 13.8. The first kappa shape index (κ1) is 15.1. The molecule has 1 aromatic carbocycles. The lowest BCUT2D eigenvalue weighted by Crippen LogP contribution is -2.40. The van der Waals surface area contributed by atoms with Crippen LogP contribution in [0.25, 0.3) is 0 Å². The fraction of sp³-hybridized carbons (Fsp3) is 0.500. The van der Waals surface area contributed by atoms with Crippen molar-refractivity contribution in [2.24, 2.45) is 5.92 Å².